The molecule has 2 fully saturated rings. The third-order valence-corrected chi connectivity index (χ3v) is 3.65. The second-order valence-electron chi connectivity index (χ2n) is 4.61. The number of carbonyl (C=O) groups is 1. The number of nitrogens with zero attached hydrogens (tertiary/aromatic N) is 1. The molecule has 2 rings (SSSR count). The van der Waals surface area contributed by atoms with E-state index in [0.29, 0.717) is 0 Å². The van der Waals surface area contributed by atoms with Gasteiger partial charge in [-0.2, -0.15) is 0 Å². The van der Waals surface area contributed by atoms with E-state index in [-0.39, 0.29) is 11.4 Å². The molecule has 2 aliphatic rings. The molecule has 1 aliphatic carbocycles. The maximum Gasteiger partial charge on any atom is 0.313 e. The monoisotopic (exact) mass is 197 g/mol. The Balaban J connectivity index is 1.94. The second-order valence-corrected chi connectivity index (χ2v) is 4.61. The number of ether oxygens (including phenoxy) is 1. The van der Waals surface area contributed by atoms with Crippen molar-refractivity contribution in [2.75, 3.05) is 26.7 Å². The number of likely N-dealkylation sites (tertiary alicyclic amines) is 1. The molecule has 0 aromatic carbocycles. The van der Waals surface area contributed by atoms with E-state index in [1.807, 2.05) is 0 Å². The summed E-state index contributed by atoms with van der Waals surface area (Å²) in [5, 5.41) is 0. The fourth-order valence-corrected chi connectivity index (χ4v) is 2.62. The molecule has 0 bridgehead atoms. The highest BCUT2D eigenvalue weighted by atomic mass is 16.5. The van der Waals surface area contributed by atoms with Gasteiger partial charge in [0, 0.05) is 6.54 Å². The molecule has 1 saturated carbocycles. The van der Waals surface area contributed by atoms with Crippen LogP contribution in [0, 0.1) is 5.41 Å². The largest absolute Gasteiger partial charge is 0.469 e. The lowest BCUT2D eigenvalue weighted by atomic mass is 9.68. The second kappa shape index (κ2) is 3.89. The van der Waals surface area contributed by atoms with Gasteiger partial charge < -0.3 is 9.64 Å². The lowest BCUT2D eigenvalue weighted by molar-refractivity contribution is -0.159. The Morgan fingerprint density at radius 1 is 1.29 bits per heavy atom. The Bertz CT molecular complexity index is 217. The highest BCUT2D eigenvalue weighted by Gasteiger charge is 2.46. The molecular weight excluding hydrogens is 178 g/mol. The van der Waals surface area contributed by atoms with Crippen molar-refractivity contribution in [3.63, 3.8) is 0 Å². The van der Waals surface area contributed by atoms with Gasteiger partial charge in [-0.1, -0.05) is 6.42 Å². The van der Waals surface area contributed by atoms with E-state index in [4.69, 9.17) is 4.74 Å². The van der Waals surface area contributed by atoms with Crippen LogP contribution in [-0.2, 0) is 9.53 Å². The minimum absolute atomic E-state index is 0.00986. The molecule has 0 atom stereocenters. The Morgan fingerprint density at radius 2 is 1.93 bits per heavy atom. The van der Waals surface area contributed by atoms with E-state index in [0.717, 1.165) is 19.4 Å². The topological polar surface area (TPSA) is 29.5 Å². The molecule has 0 radical (unpaired) electrons. The van der Waals surface area contributed by atoms with Crippen molar-refractivity contribution in [3.05, 3.63) is 0 Å². The molecule has 0 N–H and O–H groups in total. The average Bonchev–Trinajstić information content (AvgIpc) is 2.62. The predicted molar refractivity (Wildman–Crippen MR) is 54.0 cm³/mol. The van der Waals surface area contributed by atoms with Crippen molar-refractivity contribution in [3.8, 4) is 0 Å². The van der Waals surface area contributed by atoms with Gasteiger partial charge in [0.2, 0.25) is 0 Å². The first-order chi connectivity index (χ1) is 6.77. The van der Waals surface area contributed by atoms with E-state index >= 15 is 0 Å². The zero-order valence-corrected chi connectivity index (χ0v) is 8.92. The molecule has 14 heavy (non-hydrogen) atoms. The van der Waals surface area contributed by atoms with Crippen LogP contribution < -0.4 is 0 Å². The van der Waals surface area contributed by atoms with Crippen LogP contribution in [0.4, 0.5) is 0 Å². The van der Waals surface area contributed by atoms with Gasteiger partial charge in [-0.05, 0) is 38.8 Å². The van der Waals surface area contributed by atoms with Crippen molar-refractivity contribution in [1.29, 1.82) is 0 Å². The summed E-state index contributed by atoms with van der Waals surface area (Å²) in [4.78, 5) is 14.1. The van der Waals surface area contributed by atoms with Crippen LogP contribution in [0.15, 0.2) is 0 Å². The van der Waals surface area contributed by atoms with Gasteiger partial charge in [0.05, 0.1) is 12.5 Å². The maximum absolute atomic E-state index is 11.7. The summed E-state index contributed by atoms with van der Waals surface area (Å²) >= 11 is 0. The summed E-state index contributed by atoms with van der Waals surface area (Å²) in [5.41, 5.74) is -0.140. The molecule has 0 aromatic heterocycles. The Hall–Kier alpha value is -0.570. The summed E-state index contributed by atoms with van der Waals surface area (Å²) in [6.07, 6.45) is 5.81. The van der Waals surface area contributed by atoms with E-state index in [9.17, 15) is 4.79 Å². The molecular formula is C11H19NO2. The number of carbonyl (C=O) groups excluding carboxylic acids is 1. The zero-order valence-electron chi connectivity index (χ0n) is 8.92. The first kappa shape index (κ1) is 9.97. The molecule has 0 unspecified atom stereocenters. The van der Waals surface area contributed by atoms with Crippen LogP contribution in [0.3, 0.4) is 0 Å². The zero-order chi connectivity index (χ0) is 10.0. The van der Waals surface area contributed by atoms with Crippen molar-refractivity contribution >= 4 is 5.97 Å². The molecule has 0 aromatic rings. The summed E-state index contributed by atoms with van der Waals surface area (Å²) < 4.78 is 4.90. The molecule has 0 amide bonds. The summed E-state index contributed by atoms with van der Waals surface area (Å²) in [7, 11) is 1.51. The SMILES string of the molecule is COC(=O)C1(CN2CCCC2)CCC1. The van der Waals surface area contributed by atoms with Crippen LogP contribution in [0.1, 0.15) is 32.1 Å². The number of hydrogen-bond donors (Lipinski definition) is 0. The minimum Gasteiger partial charge on any atom is -0.469 e. The third kappa shape index (κ3) is 1.65. The van der Waals surface area contributed by atoms with Crippen LogP contribution in [0.25, 0.3) is 0 Å². The quantitative estimate of drug-likeness (QED) is 0.641. The van der Waals surface area contributed by atoms with Crippen LogP contribution in [0.2, 0.25) is 0 Å². The molecule has 0 spiro atoms. The average molecular weight is 197 g/mol. The van der Waals surface area contributed by atoms with Gasteiger partial charge in [-0.15, -0.1) is 0 Å². The number of methoxy groups -OCH3 is 1. The molecule has 3 heteroatoms. The lowest BCUT2D eigenvalue weighted by Gasteiger charge is -2.41. The smallest absolute Gasteiger partial charge is 0.313 e. The number of hydrogen-bond acceptors (Lipinski definition) is 3. The Morgan fingerprint density at radius 3 is 2.36 bits per heavy atom. The predicted octanol–water partition coefficient (Wildman–Crippen LogP) is 1.43. The number of rotatable bonds is 3. The van der Waals surface area contributed by atoms with Gasteiger partial charge in [0.1, 0.15) is 0 Å². The molecule has 1 aliphatic heterocycles. The van der Waals surface area contributed by atoms with Crippen molar-refractivity contribution in [1.82, 2.24) is 4.90 Å². The standard InChI is InChI=1S/C11H19NO2/c1-14-10(13)11(5-4-6-11)9-12-7-2-3-8-12/h2-9H2,1H3. The van der Waals surface area contributed by atoms with E-state index < -0.39 is 0 Å². The van der Waals surface area contributed by atoms with Gasteiger partial charge in [0.15, 0.2) is 0 Å². The van der Waals surface area contributed by atoms with E-state index in [1.54, 1.807) is 0 Å². The van der Waals surface area contributed by atoms with Crippen molar-refractivity contribution in [2.24, 2.45) is 5.41 Å². The highest BCUT2D eigenvalue weighted by Crippen LogP contribution is 2.43. The van der Waals surface area contributed by atoms with Crippen LogP contribution in [0.5, 0.6) is 0 Å². The highest BCUT2D eigenvalue weighted by molar-refractivity contribution is 5.78. The fraction of sp³-hybridized carbons (Fsp3) is 0.909. The maximum atomic E-state index is 11.7. The number of esters is 1. The van der Waals surface area contributed by atoms with Gasteiger partial charge in [-0.25, -0.2) is 0 Å². The molecule has 1 heterocycles. The summed E-state index contributed by atoms with van der Waals surface area (Å²) in [6.45, 7) is 3.26. The minimum atomic E-state index is -0.140. The van der Waals surface area contributed by atoms with Crippen LogP contribution in [-0.4, -0.2) is 37.6 Å². The third-order valence-electron chi connectivity index (χ3n) is 3.65. The van der Waals surface area contributed by atoms with E-state index in [2.05, 4.69) is 4.90 Å². The summed E-state index contributed by atoms with van der Waals surface area (Å²) in [6, 6.07) is 0. The van der Waals surface area contributed by atoms with Gasteiger partial charge in [-0.3, -0.25) is 4.79 Å². The van der Waals surface area contributed by atoms with Crippen LogP contribution >= 0.6 is 0 Å². The van der Waals surface area contributed by atoms with Gasteiger partial charge in [0.25, 0.3) is 0 Å². The molecule has 3 nitrogen and oxygen atoms in total. The Labute approximate surface area is 85.4 Å². The van der Waals surface area contributed by atoms with Gasteiger partial charge >= 0.3 is 5.97 Å². The first-order valence-corrected chi connectivity index (χ1v) is 5.58. The van der Waals surface area contributed by atoms with Crippen molar-refractivity contribution in [2.45, 2.75) is 32.1 Å². The fourth-order valence-electron chi connectivity index (χ4n) is 2.62. The van der Waals surface area contributed by atoms with Crippen molar-refractivity contribution < 1.29 is 9.53 Å². The lowest BCUT2D eigenvalue weighted by Crippen LogP contribution is -2.47. The molecule has 80 valence electrons. The summed E-state index contributed by atoms with van der Waals surface area (Å²) in [5.74, 6) is 0.00986. The Kier molecular flexibility index (Phi) is 2.77. The molecule has 1 saturated heterocycles. The van der Waals surface area contributed by atoms with E-state index in [1.165, 1.54) is 39.5 Å². The normalized spacial score (nSPS) is 25.8. The first-order valence-electron chi connectivity index (χ1n) is 5.58.